The maximum atomic E-state index is 12.9. The van der Waals surface area contributed by atoms with Gasteiger partial charge in [-0.15, -0.1) is 0 Å². The topological polar surface area (TPSA) is 180 Å². The van der Waals surface area contributed by atoms with Crippen molar-refractivity contribution in [1.82, 2.24) is 21.3 Å². The lowest BCUT2D eigenvalue weighted by Crippen LogP contribution is -2.57. The summed E-state index contributed by atoms with van der Waals surface area (Å²) >= 11 is 4.10. The predicted molar refractivity (Wildman–Crippen MR) is 127 cm³/mol. The van der Waals surface area contributed by atoms with Crippen molar-refractivity contribution >= 4 is 42.2 Å². The molecule has 0 radical (unpaired) electrons. The van der Waals surface area contributed by atoms with Gasteiger partial charge in [0.05, 0.1) is 6.04 Å². The number of nitrogens with two attached hydrogens (primary N) is 1. The van der Waals surface area contributed by atoms with E-state index in [0.717, 1.165) is 12.0 Å². The molecule has 4 unspecified atom stereocenters. The summed E-state index contributed by atoms with van der Waals surface area (Å²) in [6.07, 6.45) is 1.31. The molecule has 1 saturated heterocycles. The molecule has 1 fully saturated rings. The van der Waals surface area contributed by atoms with Gasteiger partial charge in [0.15, 0.2) is 0 Å². The highest BCUT2D eigenvalue weighted by atomic mass is 32.1. The first-order valence-electron chi connectivity index (χ1n) is 11.0. The van der Waals surface area contributed by atoms with E-state index in [1.807, 2.05) is 0 Å². The number of hydrogen-bond donors (Lipinski definition) is 7. The van der Waals surface area contributed by atoms with Crippen molar-refractivity contribution in [3.8, 4) is 0 Å². The standard InChI is InChI=1S/C22H31N5O6S/c23-18(28)9-8-15(25-19(29)14-7-4-10-24-14)20(30)27-17(12-34)21(31)26-16(22(32)33)11-13-5-2-1-3-6-13/h1-3,5-6,14-17,24,34H,4,7-12H2,(H2,23,28)(H,25,29)(H,26,31)(H,27,30)(H,32,33). The minimum absolute atomic E-state index is 0.0493. The second-order valence-corrected chi connectivity index (χ2v) is 8.41. The Morgan fingerprint density at radius 1 is 1.03 bits per heavy atom. The number of carboxylic acids is 1. The molecule has 1 aromatic carbocycles. The quantitative estimate of drug-likeness (QED) is 0.167. The second kappa shape index (κ2) is 13.6. The SMILES string of the molecule is NC(=O)CCC(NC(=O)C1CCCN1)C(=O)NC(CS)C(=O)NC(Cc1ccccc1)C(=O)O. The summed E-state index contributed by atoms with van der Waals surface area (Å²) in [5.74, 6) is -3.80. The monoisotopic (exact) mass is 493 g/mol. The molecule has 1 aromatic rings. The van der Waals surface area contributed by atoms with E-state index >= 15 is 0 Å². The summed E-state index contributed by atoms with van der Waals surface area (Å²) in [7, 11) is 0. The number of thiol groups is 1. The van der Waals surface area contributed by atoms with Crippen LogP contribution < -0.4 is 27.0 Å². The smallest absolute Gasteiger partial charge is 0.326 e. The van der Waals surface area contributed by atoms with E-state index in [1.165, 1.54) is 0 Å². The van der Waals surface area contributed by atoms with Crippen LogP contribution >= 0.6 is 12.6 Å². The van der Waals surface area contributed by atoms with Crippen LogP contribution in [0.3, 0.4) is 0 Å². The molecule has 0 aliphatic carbocycles. The van der Waals surface area contributed by atoms with E-state index in [0.29, 0.717) is 13.0 Å². The number of hydrogen-bond acceptors (Lipinski definition) is 7. The van der Waals surface area contributed by atoms with Gasteiger partial charge in [-0.2, -0.15) is 12.6 Å². The third-order valence-corrected chi connectivity index (χ3v) is 5.77. The van der Waals surface area contributed by atoms with Gasteiger partial charge in [0, 0.05) is 18.6 Å². The van der Waals surface area contributed by atoms with E-state index in [2.05, 4.69) is 33.9 Å². The van der Waals surface area contributed by atoms with E-state index < -0.39 is 47.9 Å². The summed E-state index contributed by atoms with van der Waals surface area (Å²) in [4.78, 5) is 60.9. The van der Waals surface area contributed by atoms with Crippen LogP contribution in [0, 0.1) is 0 Å². The van der Waals surface area contributed by atoms with Crippen LogP contribution in [-0.4, -0.2) is 71.2 Å². The molecule has 4 amide bonds. The van der Waals surface area contributed by atoms with Crippen molar-refractivity contribution in [2.45, 2.75) is 56.3 Å². The maximum Gasteiger partial charge on any atom is 0.326 e. The molecule has 0 bridgehead atoms. The van der Waals surface area contributed by atoms with Crippen molar-refractivity contribution in [3.05, 3.63) is 35.9 Å². The molecule has 4 atom stereocenters. The van der Waals surface area contributed by atoms with Crippen LogP contribution in [0.1, 0.15) is 31.2 Å². The van der Waals surface area contributed by atoms with Gasteiger partial charge in [-0.3, -0.25) is 19.2 Å². The Labute approximate surface area is 203 Å². The molecule has 0 saturated carbocycles. The molecule has 1 aliphatic heterocycles. The van der Waals surface area contributed by atoms with Crippen LogP contribution in [0.5, 0.6) is 0 Å². The summed E-state index contributed by atoms with van der Waals surface area (Å²) in [5, 5.41) is 20.0. The molecule has 0 spiro atoms. The fraction of sp³-hybridized carbons (Fsp3) is 0.500. The number of primary amides is 1. The molecule has 186 valence electrons. The minimum Gasteiger partial charge on any atom is -0.480 e. The molecule has 2 rings (SSSR count). The molecule has 7 N–H and O–H groups in total. The van der Waals surface area contributed by atoms with Crippen molar-refractivity contribution in [1.29, 1.82) is 0 Å². The average molecular weight is 494 g/mol. The largest absolute Gasteiger partial charge is 0.480 e. The Morgan fingerprint density at radius 3 is 2.24 bits per heavy atom. The molecule has 0 aromatic heterocycles. The number of rotatable bonds is 13. The zero-order chi connectivity index (χ0) is 25.1. The van der Waals surface area contributed by atoms with E-state index in [4.69, 9.17) is 5.73 Å². The number of amides is 4. The van der Waals surface area contributed by atoms with Gasteiger partial charge in [-0.25, -0.2) is 4.79 Å². The fourth-order valence-corrected chi connectivity index (χ4v) is 3.78. The highest BCUT2D eigenvalue weighted by Gasteiger charge is 2.31. The molecule has 1 aliphatic rings. The maximum absolute atomic E-state index is 12.9. The molecule has 34 heavy (non-hydrogen) atoms. The zero-order valence-electron chi connectivity index (χ0n) is 18.7. The summed E-state index contributed by atoms with van der Waals surface area (Å²) in [5.41, 5.74) is 5.91. The Kier molecular flexibility index (Phi) is 10.8. The summed E-state index contributed by atoms with van der Waals surface area (Å²) in [6, 6.07) is 4.87. The van der Waals surface area contributed by atoms with Crippen LogP contribution in [0.15, 0.2) is 30.3 Å². The lowest BCUT2D eigenvalue weighted by Gasteiger charge is -2.24. The predicted octanol–water partition coefficient (Wildman–Crippen LogP) is -1.28. The summed E-state index contributed by atoms with van der Waals surface area (Å²) in [6.45, 7) is 0.686. The highest BCUT2D eigenvalue weighted by Crippen LogP contribution is 2.08. The van der Waals surface area contributed by atoms with Gasteiger partial charge in [-0.1, -0.05) is 30.3 Å². The minimum atomic E-state index is -1.22. The van der Waals surface area contributed by atoms with Crippen LogP contribution in [0.2, 0.25) is 0 Å². The van der Waals surface area contributed by atoms with Gasteiger partial charge in [0.2, 0.25) is 23.6 Å². The Morgan fingerprint density at radius 2 is 1.68 bits per heavy atom. The number of carbonyl (C=O) groups excluding carboxylic acids is 4. The molecule has 1 heterocycles. The number of benzene rings is 1. The van der Waals surface area contributed by atoms with E-state index in [9.17, 15) is 29.1 Å². The van der Waals surface area contributed by atoms with Crippen LogP contribution in [-0.2, 0) is 30.4 Å². The fourth-order valence-electron chi connectivity index (χ4n) is 3.52. The van der Waals surface area contributed by atoms with Gasteiger partial charge in [0.25, 0.3) is 0 Å². The second-order valence-electron chi connectivity index (χ2n) is 8.05. The number of nitrogens with one attached hydrogen (secondary N) is 4. The third kappa shape index (κ3) is 8.67. The summed E-state index contributed by atoms with van der Waals surface area (Å²) < 4.78 is 0. The number of carboxylic acid groups (broad SMARTS) is 1. The Hall–Kier alpha value is -3.12. The van der Waals surface area contributed by atoms with Crippen LogP contribution in [0.4, 0.5) is 0 Å². The Balaban J connectivity index is 2.03. The molecular weight excluding hydrogens is 462 g/mol. The van der Waals surface area contributed by atoms with Gasteiger partial charge in [0.1, 0.15) is 18.1 Å². The lowest BCUT2D eigenvalue weighted by molar-refractivity contribution is -0.142. The van der Waals surface area contributed by atoms with Gasteiger partial charge >= 0.3 is 5.97 Å². The lowest BCUT2D eigenvalue weighted by atomic mass is 10.1. The first-order chi connectivity index (χ1) is 16.2. The number of aliphatic carboxylic acids is 1. The molecule has 11 nitrogen and oxygen atoms in total. The highest BCUT2D eigenvalue weighted by molar-refractivity contribution is 7.80. The zero-order valence-corrected chi connectivity index (χ0v) is 19.6. The van der Waals surface area contributed by atoms with E-state index in [-0.39, 0.29) is 30.9 Å². The molecule has 12 heteroatoms. The van der Waals surface area contributed by atoms with Crippen molar-refractivity contribution in [2.75, 3.05) is 12.3 Å². The Bertz CT molecular complexity index is 878. The first-order valence-corrected chi connectivity index (χ1v) is 11.6. The van der Waals surface area contributed by atoms with Crippen molar-refractivity contribution in [3.63, 3.8) is 0 Å². The molecular formula is C22H31N5O6S. The normalized spacial score (nSPS) is 17.7. The number of carbonyl (C=O) groups is 5. The van der Waals surface area contributed by atoms with Gasteiger partial charge in [-0.05, 0) is 31.4 Å². The van der Waals surface area contributed by atoms with E-state index in [1.54, 1.807) is 30.3 Å². The third-order valence-electron chi connectivity index (χ3n) is 5.40. The van der Waals surface area contributed by atoms with Crippen molar-refractivity contribution in [2.24, 2.45) is 5.73 Å². The van der Waals surface area contributed by atoms with Crippen LogP contribution in [0.25, 0.3) is 0 Å². The van der Waals surface area contributed by atoms with Gasteiger partial charge < -0.3 is 32.1 Å². The average Bonchev–Trinajstić information content (AvgIpc) is 3.35. The first kappa shape index (κ1) is 27.1. The van der Waals surface area contributed by atoms with Crippen molar-refractivity contribution < 1.29 is 29.1 Å².